The van der Waals surface area contributed by atoms with Crippen LogP contribution in [-0.2, 0) is 16.0 Å². The van der Waals surface area contributed by atoms with Gasteiger partial charge in [-0.15, -0.1) is 0 Å². The van der Waals surface area contributed by atoms with Gasteiger partial charge in [0.2, 0.25) is 5.91 Å². The summed E-state index contributed by atoms with van der Waals surface area (Å²) in [6.07, 6.45) is 9.04. The number of rotatable bonds is 5. The molecule has 1 amide bonds. The number of ether oxygens (including phenoxy) is 1. The van der Waals surface area contributed by atoms with Crippen molar-refractivity contribution in [1.82, 2.24) is 4.90 Å². The van der Waals surface area contributed by atoms with Crippen LogP contribution < -0.4 is 0 Å². The van der Waals surface area contributed by atoms with E-state index in [9.17, 15) is 4.79 Å². The second kappa shape index (κ2) is 7.98. The van der Waals surface area contributed by atoms with Gasteiger partial charge in [-0.3, -0.25) is 4.79 Å². The highest BCUT2D eigenvalue weighted by molar-refractivity contribution is 5.76. The average molecular weight is 327 g/mol. The van der Waals surface area contributed by atoms with Gasteiger partial charge >= 0.3 is 0 Å². The number of amides is 1. The molecule has 0 unspecified atom stereocenters. The van der Waals surface area contributed by atoms with Crippen molar-refractivity contribution in [2.75, 3.05) is 19.7 Å². The van der Waals surface area contributed by atoms with Crippen LogP contribution in [0.4, 0.5) is 0 Å². The number of hydrogen-bond acceptors (Lipinski definition) is 2. The normalized spacial score (nSPS) is 20.0. The van der Waals surface area contributed by atoms with Crippen molar-refractivity contribution in [2.24, 2.45) is 0 Å². The minimum atomic E-state index is -0.0909. The molecule has 0 atom stereocenters. The fraction of sp³-hybridized carbons (Fsp3) is 0.571. The highest BCUT2D eigenvalue weighted by atomic mass is 16.5. The number of benzene rings is 1. The Kier molecular flexibility index (Phi) is 5.72. The Morgan fingerprint density at radius 3 is 2.62 bits per heavy atom. The van der Waals surface area contributed by atoms with E-state index < -0.39 is 0 Å². The topological polar surface area (TPSA) is 29.5 Å². The molecule has 1 fully saturated rings. The Balaban J connectivity index is 1.38. The second-order valence-electron chi connectivity index (χ2n) is 7.23. The molecule has 3 nitrogen and oxygen atoms in total. The van der Waals surface area contributed by atoms with Crippen LogP contribution in [-0.4, -0.2) is 36.1 Å². The lowest BCUT2D eigenvalue weighted by molar-refractivity contribution is -0.136. The number of hydrogen-bond donors (Lipinski definition) is 0. The van der Waals surface area contributed by atoms with Crippen LogP contribution in [0, 0.1) is 0 Å². The standard InChI is InChI=1S/C21H29NO2/c1-18-11-16-24-21(17-18)12-14-22(15-13-21)20(23)10-6-5-9-19-7-3-2-4-8-19/h2-4,7-8,17H,5-6,9-16H2,1H3. The maximum atomic E-state index is 12.4. The first-order chi connectivity index (χ1) is 11.7. The van der Waals surface area contributed by atoms with E-state index >= 15 is 0 Å². The van der Waals surface area contributed by atoms with Crippen molar-refractivity contribution in [3.05, 3.63) is 47.5 Å². The van der Waals surface area contributed by atoms with Crippen LogP contribution in [0.15, 0.2) is 42.0 Å². The van der Waals surface area contributed by atoms with Gasteiger partial charge in [-0.25, -0.2) is 0 Å². The van der Waals surface area contributed by atoms with E-state index in [2.05, 4.69) is 37.3 Å². The Hall–Kier alpha value is -1.61. The molecule has 2 aliphatic heterocycles. The van der Waals surface area contributed by atoms with Crippen LogP contribution in [0.2, 0.25) is 0 Å². The number of piperidine rings is 1. The van der Waals surface area contributed by atoms with Crippen molar-refractivity contribution in [1.29, 1.82) is 0 Å². The third-order valence-corrected chi connectivity index (χ3v) is 5.31. The lowest BCUT2D eigenvalue weighted by Crippen LogP contribution is -2.48. The van der Waals surface area contributed by atoms with E-state index in [0.717, 1.165) is 58.2 Å². The van der Waals surface area contributed by atoms with E-state index in [0.29, 0.717) is 12.3 Å². The quantitative estimate of drug-likeness (QED) is 0.601. The van der Waals surface area contributed by atoms with Crippen LogP contribution in [0.25, 0.3) is 0 Å². The first-order valence-electron chi connectivity index (χ1n) is 9.31. The molecule has 2 heterocycles. The van der Waals surface area contributed by atoms with Gasteiger partial charge in [0.15, 0.2) is 0 Å². The van der Waals surface area contributed by atoms with Gasteiger partial charge in [0.1, 0.15) is 0 Å². The zero-order valence-corrected chi connectivity index (χ0v) is 14.8. The number of aryl methyl sites for hydroxylation is 1. The summed E-state index contributed by atoms with van der Waals surface area (Å²) >= 11 is 0. The van der Waals surface area contributed by atoms with Gasteiger partial charge in [-0.05, 0) is 51.0 Å². The van der Waals surface area contributed by atoms with Crippen molar-refractivity contribution >= 4 is 5.91 Å². The van der Waals surface area contributed by atoms with Crippen LogP contribution >= 0.6 is 0 Å². The monoisotopic (exact) mass is 327 g/mol. The number of carbonyl (C=O) groups excluding carboxylic acids is 1. The Labute approximate surface area is 145 Å². The third-order valence-electron chi connectivity index (χ3n) is 5.31. The highest BCUT2D eigenvalue weighted by Gasteiger charge is 2.36. The Bertz CT molecular complexity index is 571. The first kappa shape index (κ1) is 17.2. The Morgan fingerprint density at radius 1 is 1.17 bits per heavy atom. The molecule has 3 rings (SSSR count). The van der Waals surface area contributed by atoms with E-state index in [1.54, 1.807) is 0 Å². The number of likely N-dealkylation sites (tertiary alicyclic amines) is 1. The molecule has 2 aliphatic rings. The minimum Gasteiger partial charge on any atom is -0.370 e. The number of unbranched alkanes of at least 4 members (excludes halogenated alkanes) is 1. The third kappa shape index (κ3) is 4.47. The number of carbonyl (C=O) groups is 1. The predicted molar refractivity (Wildman–Crippen MR) is 96.9 cm³/mol. The summed E-state index contributed by atoms with van der Waals surface area (Å²) in [5, 5.41) is 0. The summed E-state index contributed by atoms with van der Waals surface area (Å²) in [7, 11) is 0. The highest BCUT2D eigenvalue weighted by Crippen LogP contribution is 2.33. The summed E-state index contributed by atoms with van der Waals surface area (Å²) in [4.78, 5) is 14.5. The molecule has 130 valence electrons. The molecule has 1 saturated heterocycles. The molecular formula is C21H29NO2. The summed E-state index contributed by atoms with van der Waals surface area (Å²) in [6.45, 7) is 4.69. The van der Waals surface area contributed by atoms with Gasteiger partial charge in [0.05, 0.1) is 12.2 Å². The molecular weight excluding hydrogens is 298 g/mol. The Morgan fingerprint density at radius 2 is 1.92 bits per heavy atom. The summed E-state index contributed by atoms with van der Waals surface area (Å²) in [5.74, 6) is 0.314. The molecule has 0 saturated carbocycles. The van der Waals surface area contributed by atoms with E-state index in [1.165, 1.54) is 11.1 Å². The molecule has 3 heteroatoms. The largest absolute Gasteiger partial charge is 0.370 e. The summed E-state index contributed by atoms with van der Waals surface area (Å²) < 4.78 is 6.04. The molecule has 1 spiro atoms. The number of nitrogens with zero attached hydrogens (tertiary/aromatic N) is 1. The summed E-state index contributed by atoms with van der Waals surface area (Å²) in [6, 6.07) is 10.5. The zero-order valence-electron chi connectivity index (χ0n) is 14.8. The lowest BCUT2D eigenvalue weighted by Gasteiger charge is -2.42. The van der Waals surface area contributed by atoms with Gasteiger partial charge < -0.3 is 9.64 Å². The molecule has 0 radical (unpaired) electrons. The predicted octanol–water partition coefficient (Wildman–Crippen LogP) is 4.13. The molecule has 1 aromatic carbocycles. The van der Waals surface area contributed by atoms with Gasteiger partial charge in [0.25, 0.3) is 0 Å². The first-order valence-corrected chi connectivity index (χ1v) is 9.31. The zero-order chi connectivity index (χ0) is 16.8. The van der Waals surface area contributed by atoms with E-state index in [-0.39, 0.29) is 5.60 Å². The maximum absolute atomic E-state index is 12.4. The molecule has 1 aromatic rings. The fourth-order valence-corrected chi connectivity index (χ4v) is 3.81. The van der Waals surface area contributed by atoms with E-state index in [1.807, 2.05) is 11.0 Å². The molecule has 24 heavy (non-hydrogen) atoms. The maximum Gasteiger partial charge on any atom is 0.222 e. The van der Waals surface area contributed by atoms with Crippen molar-refractivity contribution in [3.63, 3.8) is 0 Å². The summed E-state index contributed by atoms with van der Waals surface area (Å²) in [5.41, 5.74) is 2.70. The smallest absolute Gasteiger partial charge is 0.222 e. The molecule has 0 aliphatic carbocycles. The van der Waals surface area contributed by atoms with Gasteiger partial charge in [0, 0.05) is 19.5 Å². The van der Waals surface area contributed by atoms with E-state index in [4.69, 9.17) is 4.74 Å². The van der Waals surface area contributed by atoms with Crippen molar-refractivity contribution in [3.8, 4) is 0 Å². The van der Waals surface area contributed by atoms with Crippen LogP contribution in [0.3, 0.4) is 0 Å². The van der Waals surface area contributed by atoms with Gasteiger partial charge in [-0.1, -0.05) is 42.0 Å². The second-order valence-corrected chi connectivity index (χ2v) is 7.23. The van der Waals surface area contributed by atoms with Crippen molar-refractivity contribution in [2.45, 2.75) is 57.5 Å². The molecule has 0 N–H and O–H groups in total. The van der Waals surface area contributed by atoms with Crippen molar-refractivity contribution < 1.29 is 9.53 Å². The molecule has 0 aromatic heterocycles. The van der Waals surface area contributed by atoms with Crippen LogP contribution in [0.1, 0.15) is 51.0 Å². The SMILES string of the molecule is CC1=CC2(CCN(C(=O)CCCCc3ccccc3)CC2)OCC1. The van der Waals surface area contributed by atoms with Gasteiger partial charge in [-0.2, -0.15) is 0 Å². The lowest BCUT2D eigenvalue weighted by atomic mass is 9.87. The van der Waals surface area contributed by atoms with Crippen LogP contribution in [0.5, 0.6) is 0 Å². The fourth-order valence-electron chi connectivity index (χ4n) is 3.81. The molecule has 0 bridgehead atoms. The minimum absolute atomic E-state index is 0.0909. The average Bonchev–Trinajstić information content (AvgIpc) is 2.60.